The van der Waals surface area contributed by atoms with Gasteiger partial charge in [-0.1, -0.05) is 6.92 Å². The molecule has 1 atom stereocenters. The molecule has 1 aromatic heterocycles. The zero-order valence-corrected chi connectivity index (χ0v) is 11.6. The van der Waals surface area contributed by atoms with E-state index in [1.807, 2.05) is 6.92 Å². The maximum atomic E-state index is 11.8. The summed E-state index contributed by atoms with van der Waals surface area (Å²) in [5.41, 5.74) is 0. The number of halogens is 1. The molecule has 0 aromatic carbocycles. The Bertz CT molecular complexity index is 583. The second-order valence-corrected chi connectivity index (χ2v) is 7.02. The first-order valence-electron chi connectivity index (χ1n) is 5.46. The smallest absolute Gasteiger partial charge is 0.251 e. The lowest BCUT2D eigenvalue weighted by Gasteiger charge is -2.10. The first kappa shape index (κ1) is 13.3. The van der Waals surface area contributed by atoms with Crippen molar-refractivity contribution in [2.45, 2.75) is 25.0 Å². The monoisotopic (exact) mass is 292 g/mol. The molecule has 1 fully saturated rings. The predicted octanol–water partition coefficient (Wildman–Crippen LogP) is 0.0514. The third-order valence-corrected chi connectivity index (χ3v) is 4.76. The normalized spacial score (nSPS) is 20.7. The maximum absolute atomic E-state index is 11.8. The molecule has 0 bridgehead atoms. The van der Waals surface area contributed by atoms with Crippen molar-refractivity contribution in [2.24, 2.45) is 7.05 Å². The van der Waals surface area contributed by atoms with Gasteiger partial charge in [-0.25, -0.2) is 8.42 Å². The second kappa shape index (κ2) is 4.51. The van der Waals surface area contributed by atoms with Gasteiger partial charge >= 0.3 is 0 Å². The van der Waals surface area contributed by atoms with Gasteiger partial charge in [-0.2, -0.15) is 4.98 Å². The molecule has 1 amide bonds. The second-order valence-electron chi connectivity index (χ2n) is 4.11. The van der Waals surface area contributed by atoms with E-state index in [2.05, 4.69) is 10.1 Å². The van der Waals surface area contributed by atoms with Crippen molar-refractivity contribution in [3.05, 3.63) is 5.82 Å². The summed E-state index contributed by atoms with van der Waals surface area (Å²) in [6.07, 6.45) is 0.564. The Balaban J connectivity index is 2.27. The Labute approximate surface area is 109 Å². The Hall–Kier alpha value is -1.15. The van der Waals surface area contributed by atoms with Crippen molar-refractivity contribution in [1.82, 2.24) is 14.8 Å². The number of amides is 1. The van der Waals surface area contributed by atoms with E-state index in [0.29, 0.717) is 6.42 Å². The molecule has 1 aliphatic rings. The van der Waals surface area contributed by atoms with Crippen LogP contribution in [0.1, 0.15) is 19.2 Å². The van der Waals surface area contributed by atoms with Crippen LogP contribution in [-0.2, 0) is 27.3 Å². The summed E-state index contributed by atoms with van der Waals surface area (Å²) >= 11 is 0. The number of anilines is 1. The van der Waals surface area contributed by atoms with Gasteiger partial charge in [-0.15, -0.1) is 5.10 Å². The van der Waals surface area contributed by atoms with E-state index >= 15 is 0 Å². The number of hydrogen-bond donors (Lipinski definition) is 0. The molecule has 0 aliphatic carbocycles. The van der Waals surface area contributed by atoms with Gasteiger partial charge in [0.05, 0.1) is 0 Å². The Kier molecular flexibility index (Phi) is 3.33. The Morgan fingerprint density at radius 3 is 2.61 bits per heavy atom. The molecule has 7 nitrogen and oxygen atoms in total. The molecule has 1 unspecified atom stereocenters. The highest BCUT2D eigenvalue weighted by Gasteiger charge is 2.39. The highest BCUT2D eigenvalue weighted by atomic mass is 35.7. The van der Waals surface area contributed by atoms with Crippen molar-refractivity contribution in [2.75, 3.05) is 11.4 Å². The van der Waals surface area contributed by atoms with E-state index in [9.17, 15) is 13.2 Å². The molecule has 1 aromatic rings. The van der Waals surface area contributed by atoms with Gasteiger partial charge in [0.25, 0.3) is 5.95 Å². The number of carbonyl (C=O) groups is 1. The van der Waals surface area contributed by atoms with Crippen LogP contribution in [0.5, 0.6) is 0 Å². The lowest BCUT2D eigenvalue weighted by molar-refractivity contribution is -0.117. The van der Waals surface area contributed by atoms with Crippen molar-refractivity contribution >= 4 is 31.6 Å². The fourth-order valence-electron chi connectivity index (χ4n) is 1.88. The molecule has 0 N–H and O–H groups in total. The summed E-state index contributed by atoms with van der Waals surface area (Å²) in [5.74, 6) is 0.648. The van der Waals surface area contributed by atoms with E-state index in [1.165, 1.54) is 4.90 Å². The summed E-state index contributed by atoms with van der Waals surface area (Å²) in [5, 5.41) is 3.21. The van der Waals surface area contributed by atoms with Crippen LogP contribution in [0, 0.1) is 0 Å². The largest absolute Gasteiger partial charge is 0.278 e. The van der Waals surface area contributed by atoms with E-state index in [4.69, 9.17) is 10.7 Å². The lowest BCUT2D eigenvalue weighted by atomic mass is 10.4. The highest BCUT2D eigenvalue weighted by Crippen LogP contribution is 2.24. The van der Waals surface area contributed by atoms with E-state index in [1.54, 1.807) is 11.7 Å². The lowest BCUT2D eigenvalue weighted by Crippen LogP contribution is -2.27. The summed E-state index contributed by atoms with van der Waals surface area (Å²) in [7, 11) is 3.26. The van der Waals surface area contributed by atoms with Gasteiger partial charge in [0, 0.05) is 37.1 Å². The highest BCUT2D eigenvalue weighted by molar-refractivity contribution is 8.14. The van der Waals surface area contributed by atoms with Crippen molar-refractivity contribution in [3.63, 3.8) is 0 Å². The molecule has 1 aliphatic heterocycles. The maximum Gasteiger partial charge on any atom is 0.251 e. The third kappa shape index (κ3) is 2.35. The number of hydrogen-bond acceptors (Lipinski definition) is 5. The fraction of sp³-hybridized carbons (Fsp3) is 0.667. The van der Waals surface area contributed by atoms with Crippen LogP contribution < -0.4 is 4.90 Å². The zero-order chi connectivity index (χ0) is 13.5. The van der Waals surface area contributed by atoms with Gasteiger partial charge < -0.3 is 0 Å². The van der Waals surface area contributed by atoms with Crippen LogP contribution in [0.3, 0.4) is 0 Å². The molecule has 0 spiro atoms. The molecule has 2 heterocycles. The van der Waals surface area contributed by atoms with Gasteiger partial charge in [0.1, 0.15) is 11.1 Å². The SMILES string of the molecule is CCc1nc(N2CC(S(=O)(=O)Cl)CC2=O)nn1C. The summed E-state index contributed by atoms with van der Waals surface area (Å²) in [4.78, 5) is 17.2. The standard InChI is InChI=1S/C9H13ClN4O3S/c1-3-7-11-9(12-13(7)2)14-5-6(4-8(14)15)18(10,16)17/h6H,3-5H2,1-2H3. The Morgan fingerprint density at radius 1 is 1.50 bits per heavy atom. The van der Waals surface area contributed by atoms with Crippen LogP contribution in [0.25, 0.3) is 0 Å². The first-order chi connectivity index (χ1) is 8.32. The Morgan fingerprint density at radius 2 is 2.17 bits per heavy atom. The fourth-order valence-corrected chi connectivity index (χ4v) is 2.91. The molecule has 18 heavy (non-hydrogen) atoms. The van der Waals surface area contributed by atoms with Crippen molar-refractivity contribution in [1.29, 1.82) is 0 Å². The topological polar surface area (TPSA) is 85.2 Å². The van der Waals surface area contributed by atoms with E-state index in [0.717, 1.165) is 5.82 Å². The van der Waals surface area contributed by atoms with E-state index in [-0.39, 0.29) is 24.8 Å². The van der Waals surface area contributed by atoms with Gasteiger partial charge in [-0.05, 0) is 0 Å². The summed E-state index contributed by atoms with van der Waals surface area (Å²) in [6.45, 7) is 1.93. The van der Waals surface area contributed by atoms with Gasteiger partial charge in [0.2, 0.25) is 15.0 Å². The molecule has 2 rings (SSSR count). The van der Waals surface area contributed by atoms with Crippen LogP contribution in [0.15, 0.2) is 0 Å². The molecule has 9 heteroatoms. The number of carbonyl (C=O) groups excluding carboxylic acids is 1. The number of rotatable bonds is 3. The number of aryl methyl sites for hydroxylation is 2. The minimum absolute atomic E-state index is 0.0117. The molecule has 0 radical (unpaired) electrons. The first-order valence-corrected chi connectivity index (χ1v) is 7.84. The number of nitrogens with zero attached hydrogens (tertiary/aromatic N) is 4. The molecule has 100 valence electrons. The minimum Gasteiger partial charge on any atom is -0.278 e. The van der Waals surface area contributed by atoms with Crippen LogP contribution in [0.2, 0.25) is 0 Å². The number of aromatic nitrogens is 3. The zero-order valence-electron chi connectivity index (χ0n) is 10.00. The van der Waals surface area contributed by atoms with Crippen molar-refractivity contribution in [3.8, 4) is 0 Å². The summed E-state index contributed by atoms with van der Waals surface area (Å²) in [6, 6.07) is 0. The average molecular weight is 293 g/mol. The van der Waals surface area contributed by atoms with Crippen LogP contribution in [0.4, 0.5) is 5.95 Å². The summed E-state index contributed by atoms with van der Waals surface area (Å²) < 4.78 is 24.0. The molecular formula is C9H13ClN4O3S. The van der Waals surface area contributed by atoms with E-state index < -0.39 is 14.3 Å². The molecule has 0 saturated carbocycles. The van der Waals surface area contributed by atoms with Gasteiger partial charge in [-0.3, -0.25) is 14.4 Å². The minimum atomic E-state index is -3.74. The molecule has 1 saturated heterocycles. The van der Waals surface area contributed by atoms with Crippen molar-refractivity contribution < 1.29 is 13.2 Å². The third-order valence-electron chi connectivity index (χ3n) is 2.89. The predicted molar refractivity (Wildman–Crippen MR) is 65.9 cm³/mol. The quantitative estimate of drug-likeness (QED) is 0.735. The average Bonchev–Trinajstić information content (AvgIpc) is 2.80. The van der Waals surface area contributed by atoms with Crippen LogP contribution >= 0.6 is 10.7 Å². The van der Waals surface area contributed by atoms with Gasteiger partial charge in [0.15, 0.2) is 0 Å². The van der Waals surface area contributed by atoms with Crippen LogP contribution in [-0.4, -0.2) is 40.9 Å². The molecular weight excluding hydrogens is 280 g/mol.